The molecule has 154 valence electrons. The summed E-state index contributed by atoms with van der Waals surface area (Å²) in [5.74, 6) is 0. The monoisotopic (exact) mass is 368 g/mol. The quantitative estimate of drug-likeness (QED) is 0.708. The maximum absolute atomic E-state index is 9.16. The second kappa shape index (κ2) is 9.33. The lowest BCUT2D eigenvalue weighted by atomic mass is 9.85. The van der Waals surface area contributed by atoms with Gasteiger partial charge >= 0.3 is 0 Å². The first-order valence-electron chi connectivity index (χ1n) is 10.7. The fourth-order valence-corrected chi connectivity index (χ4v) is 4.59. The molecule has 0 saturated carbocycles. The van der Waals surface area contributed by atoms with Crippen molar-refractivity contribution in [3.8, 4) is 0 Å². The number of aliphatic hydroxyl groups is 1. The highest BCUT2D eigenvalue weighted by Gasteiger charge is 2.35. The molecular weight excluding hydrogens is 324 g/mol. The summed E-state index contributed by atoms with van der Waals surface area (Å²) < 4.78 is 0. The number of piperidine rings is 1. The van der Waals surface area contributed by atoms with Gasteiger partial charge in [0, 0.05) is 62.9 Å². The predicted molar refractivity (Wildman–Crippen MR) is 111 cm³/mol. The summed E-state index contributed by atoms with van der Waals surface area (Å²) in [6.07, 6.45) is 4.96. The zero-order valence-electron chi connectivity index (χ0n) is 18.3. The lowest BCUT2D eigenvalue weighted by Crippen LogP contribution is -2.55. The molecule has 0 amide bonds. The van der Waals surface area contributed by atoms with Crippen molar-refractivity contribution in [3.05, 3.63) is 0 Å². The molecule has 0 aliphatic carbocycles. The number of rotatable bonds is 8. The van der Waals surface area contributed by atoms with Crippen LogP contribution in [0.5, 0.6) is 0 Å². The molecule has 2 fully saturated rings. The van der Waals surface area contributed by atoms with Gasteiger partial charge in [0.15, 0.2) is 0 Å². The third kappa shape index (κ3) is 5.90. The lowest BCUT2D eigenvalue weighted by molar-refractivity contribution is 0.0198. The first-order valence-corrected chi connectivity index (χ1v) is 10.7. The molecule has 5 nitrogen and oxygen atoms in total. The van der Waals surface area contributed by atoms with Crippen molar-refractivity contribution >= 4 is 0 Å². The number of hydrogen-bond donors (Lipinski definition) is 1. The maximum Gasteiger partial charge on any atom is 0.0558 e. The molecule has 1 N–H and O–H groups in total. The Morgan fingerprint density at radius 2 is 1.31 bits per heavy atom. The largest absolute Gasteiger partial charge is 0.395 e. The molecule has 2 saturated heterocycles. The predicted octanol–water partition coefficient (Wildman–Crippen LogP) is 1.96. The van der Waals surface area contributed by atoms with Crippen LogP contribution in [0.15, 0.2) is 0 Å². The Morgan fingerprint density at radius 3 is 1.77 bits per heavy atom. The van der Waals surface area contributed by atoms with E-state index in [1.54, 1.807) is 0 Å². The Bertz CT molecular complexity index is 410. The van der Waals surface area contributed by atoms with Gasteiger partial charge in [0.25, 0.3) is 0 Å². The zero-order chi connectivity index (χ0) is 19.4. The van der Waals surface area contributed by atoms with Crippen LogP contribution in [0.2, 0.25) is 0 Å². The van der Waals surface area contributed by atoms with Crippen molar-refractivity contribution in [2.75, 3.05) is 66.5 Å². The van der Waals surface area contributed by atoms with Gasteiger partial charge in [-0.2, -0.15) is 0 Å². The molecule has 0 radical (unpaired) electrons. The van der Waals surface area contributed by atoms with E-state index in [-0.39, 0.29) is 17.7 Å². The van der Waals surface area contributed by atoms with E-state index < -0.39 is 0 Å². The first kappa shape index (κ1) is 22.1. The summed E-state index contributed by atoms with van der Waals surface area (Å²) >= 11 is 0. The summed E-state index contributed by atoms with van der Waals surface area (Å²) in [6.45, 7) is 18.0. The molecule has 0 unspecified atom stereocenters. The summed E-state index contributed by atoms with van der Waals surface area (Å²) in [4.78, 5) is 10.2. The van der Waals surface area contributed by atoms with E-state index in [4.69, 9.17) is 5.11 Å². The standard InChI is InChI=1S/C21H44N4O/c1-20(2,24-11-7-19(8-12-24)23(6)17-18-26)9-10-21(3,4)25-15-13-22(5)14-16-25/h19,26H,7-18H2,1-6H3. The van der Waals surface area contributed by atoms with Gasteiger partial charge in [-0.3, -0.25) is 9.80 Å². The van der Waals surface area contributed by atoms with Crippen LogP contribution in [0.25, 0.3) is 0 Å². The van der Waals surface area contributed by atoms with E-state index in [1.165, 1.54) is 65.0 Å². The van der Waals surface area contributed by atoms with Gasteiger partial charge < -0.3 is 14.9 Å². The number of likely N-dealkylation sites (tertiary alicyclic amines) is 1. The average Bonchev–Trinajstić information content (AvgIpc) is 2.61. The Morgan fingerprint density at radius 1 is 0.846 bits per heavy atom. The third-order valence-corrected chi connectivity index (χ3v) is 7.10. The van der Waals surface area contributed by atoms with Crippen LogP contribution in [0.3, 0.4) is 0 Å². The minimum absolute atomic E-state index is 0.267. The van der Waals surface area contributed by atoms with Gasteiger partial charge in [-0.15, -0.1) is 0 Å². The SMILES string of the molecule is CN1CCN(C(C)(C)CCC(C)(C)N2CCC(N(C)CCO)CC2)CC1. The molecule has 2 rings (SSSR count). The minimum Gasteiger partial charge on any atom is -0.395 e. The highest BCUT2D eigenvalue weighted by atomic mass is 16.3. The van der Waals surface area contributed by atoms with Gasteiger partial charge in [-0.25, -0.2) is 0 Å². The van der Waals surface area contributed by atoms with Crippen LogP contribution >= 0.6 is 0 Å². The molecule has 26 heavy (non-hydrogen) atoms. The normalized spacial score (nSPS) is 23.1. The number of nitrogens with zero attached hydrogens (tertiary/aromatic N) is 4. The van der Waals surface area contributed by atoms with Crippen LogP contribution in [-0.2, 0) is 0 Å². The van der Waals surface area contributed by atoms with E-state index >= 15 is 0 Å². The second-order valence-electron chi connectivity index (χ2n) is 9.84. The van der Waals surface area contributed by atoms with Gasteiger partial charge in [0.05, 0.1) is 6.61 Å². The summed E-state index contributed by atoms with van der Waals surface area (Å²) in [5, 5.41) is 9.16. The van der Waals surface area contributed by atoms with E-state index in [0.29, 0.717) is 6.04 Å². The molecule has 2 aliphatic rings. The summed E-state index contributed by atoms with van der Waals surface area (Å²) in [6, 6.07) is 0.635. The Kier molecular flexibility index (Phi) is 7.93. The summed E-state index contributed by atoms with van der Waals surface area (Å²) in [7, 11) is 4.38. The maximum atomic E-state index is 9.16. The second-order valence-corrected chi connectivity index (χ2v) is 9.84. The molecule has 5 heteroatoms. The molecule has 0 aromatic rings. The van der Waals surface area contributed by atoms with Crippen LogP contribution in [-0.4, -0.2) is 108 Å². The molecule has 0 spiro atoms. The van der Waals surface area contributed by atoms with E-state index in [1.807, 2.05) is 0 Å². The molecule has 2 aliphatic heterocycles. The van der Waals surface area contributed by atoms with Crippen molar-refractivity contribution in [3.63, 3.8) is 0 Å². The number of likely N-dealkylation sites (N-methyl/N-ethyl adjacent to an activating group) is 2. The Hall–Kier alpha value is -0.200. The zero-order valence-corrected chi connectivity index (χ0v) is 18.3. The highest BCUT2D eigenvalue weighted by Crippen LogP contribution is 2.31. The first-order chi connectivity index (χ1) is 12.2. The Labute approximate surface area is 162 Å². The minimum atomic E-state index is 0.267. The lowest BCUT2D eigenvalue weighted by Gasteiger charge is -2.48. The molecule has 0 atom stereocenters. The number of aliphatic hydroxyl groups excluding tert-OH is 1. The average molecular weight is 369 g/mol. The van der Waals surface area contributed by atoms with Crippen molar-refractivity contribution in [2.24, 2.45) is 0 Å². The molecular formula is C21H44N4O. The van der Waals surface area contributed by atoms with Crippen molar-refractivity contribution in [1.82, 2.24) is 19.6 Å². The van der Waals surface area contributed by atoms with Gasteiger partial charge in [0.2, 0.25) is 0 Å². The molecule has 0 aromatic carbocycles. The van der Waals surface area contributed by atoms with Crippen molar-refractivity contribution in [1.29, 1.82) is 0 Å². The van der Waals surface area contributed by atoms with Crippen molar-refractivity contribution in [2.45, 2.75) is 70.5 Å². The topological polar surface area (TPSA) is 33.2 Å². The number of hydrogen-bond acceptors (Lipinski definition) is 5. The fraction of sp³-hybridized carbons (Fsp3) is 1.00. The Balaban J connectivity index is 1.81. The molecule has 2 heterocycles. The van der Waals surface area contributed by atoms with Crippen LogP contribution in [0.1, 0.15) is 53.4 Å². The number of piperazine rings is 1. The van der Waals surface area contributed by atoms with Crippen LogP contribution in [0.4, 0.5) is 0 Å². The van der Waals surface area contributed by atoms with Crippen molar-refractivity contribution < 1.29 is 5.11 Å². The smallest absolute Gasteiger partial charge is 0.0558 e. The summed E-state index contributed by atoms with van der Waals surface area (Å²) in [5.41, 5.74) is 0.558. The highest BCUT2D eigenvalue weighted by molar-refractivity contribution is 4.92. The van der Waals surface area contributed by atoms with Gasteiger partial charge in [-0.1, -0.05) is 0 Å². The van der Waals surface area contributed by atoms with E-state index in [2.05, 4.69) is 61.4 Å². The van der Waals surface area contributed by atoms with Gasteiger partial charge in [-0.05, 0) is 67.5 Å². The van der Waals surface area contributed by atoms with Crippen LogP contribution in [0, 0.1) is 0 Å². The van der Waals surface area contributed by atoms with Crippen LogP contribution < -0.4 is 0 Å². The van der Waals surface area contributed by atoms with E-state index in [0.717, 1.165) is 6.54 Å². The molecule has 0 aromatic heterocycles. The van der Waals surface area contributed by atoms with Gasteiger partial charge in [0.1, 0.15) is 0 Å². The molecule has 0 bridgehead atoms. The fourth-order valence-electron chi connectivity index (χ4n) is 4.59. The third-order valence-electron chi connectivity index (χ3n) is 7.10. The van der Waals surface area contributed by atoms with E-state index in [9.17, 15) is 0 Å².